The van der Waals surface area contributed by atoms with E-state index >= 15 is 0 Å². The van der Waals surface area contributed by atoms with Gasteiger partial charge in [0.25, 0.3) is 0 Å². The van der Waals surface area contributed by atoms with Crippen molar-refractivity contribution < 1.29 is 23.6 Å². The van der Waals surface area contributed by atoms with Gasteiger partial charge in [0.05, 0.1) is 18.3 Å². The highest BCUT2D eigenvalue weighted by atomic mass is 16.7. The van der Waals surface area contributed by atoms with Crippen LogP contribution in [0.5, 0.6) is 0 Å². The van der Waals surface area contributed by atoms with Crippen molar-refractivity contribution in [1.29, 1.82) is 0 Å². The Bertz CT molecular complexity index is 781. The maximum atomic E-state index is 12.4. The van der Waals surface area contributed by atoms with Crippen LogP contribution >= 0.6 is 0 Å². The van der Waals surface area contributed by atoms with Gasteiger partial charge in [0.2, 0.25) is 5.60 Å². The predicted octanol–water partition coefficient (Wildman–Crippen LogP) is 2.30. The van der Waals surface area contributed by atoms with Gasteiger partial charge in [-0.3, -0.25) is 0 Å². The molecule has 6 heteroatoms. The van der Waals surface area contributed by atoms with E-state index in [-0.39, 0.29) is 6.10 Å². The van der Waals surface area contributed by atoms with E-state index in [2.05, 4.69) is 6.07 Å². The van der Waals surface area contributed by atoms with Crippen molar-refractivity contribution >= 4 is 18.6 Å². The third-order valence-corrected chi connectivity index (χ3v) is 5.86. The van der Waals surface area contributed by atoms with Gasteiger partial charge in [-0.2, -0.15) is 0 Å². The van der Waals surface area contributed by atoms with Crippen LogP contribution in [-0.2, 0) is 29.2 Å². The molecule has 4 rings (SSSR count). The van der Waals surface area contributed by atoms with Crippen molar-refractivity contribution in [3.63, 3.8) is 0 Å². The summed E-state index contributed by atoms with van der Waals surface area (Å²) in [5, 5.41) is 0. The number of carbonyl (C=O) groups excluding carboxylic acids is 1. The van der Waals surface area contributed by atoms with Crippen LogP contribution in [0, 0.1) is 6.92 Å². The van der Waals surface area contributed by atoms with Gasteiger partial charge >= 0.3 is 13.1 Å². The summed E-state index contributed by atoms with van der Waals surface area (Å²) in [7, 11) is 0.884. The van der Waals surface area contributed by atoms with E-state index in [0.717, 1.165) is 22.2 Å². The Labute approximate surface area is 148 Å². The lowest BCUT2D eigenvalue weighted by Gasteiger charge is -2.32. The fourth-order valence-electron chi connectivity index (χ4n) is 3.80. The molecule has 0 spiro atoms. The van der Waals surface area contributed by atoms with Crippen LogP contribution in [0.3, 0.4) is 0 Å². The van der Waals surface area contributed by atoms with Gasteiger partial charge in [0, 0.05) is 5.56 Å². The molecule has 132 valence electrons. The van der Waals surface area contributed by atoms with Gasteiger partial charge in [0.1, 0.15) is 6.10 Å². The average Bonchev–Trinajstić information content (AvgIpc) is 3.15. The maximum absolute atomic E-state index is 12.4. The summed E-state index contributed by atoms with van der Waals surface area (Å²) in [6.07, 6.45) is 3.41. The standard InChI is InChI=1S/C19H23BO5/c1-11-9-12-15(14-7-8-19(12,23-14)16(21)22-6)13(10-11)20-24-17(2,3)18(4,5)25-20/h7-10,14H,1-6H3/t14-,19+/m0/s1. The van der Waals surface area contributed by atoms with E-state index in [1.165, 1.54) is 7.11 Å². The highest BCUT2D eigenvalue weighted by Crippen LogP contribution is 2.51. The Balaban J connectivity index is 1.85. The Hall–Kier alpha value is -1.63. The molecule has 1 fully saturated rings. The number of hydrogen-bond donors (Lipinski definition) is 0. The minimum atomic E-state index is -1.15. The number of esters is 1. The molecule has 1 saturated heterocycles. The third kappa shape index (κ3) is 2.11. The molecule has 1 aromatic carbocycles. The van der Waals surface area contributed by atoms with Crippen molar-refractivity contribution in [1.82, 2.24) is 0 Å². The molecule has 2 atom stereocenters. The number of methoxy groups -OCH3 is 1. The quantitative estimate of drug-likeness (QED) is 0.469. The van der Waals surface area contributed by atoms with Crippen LogP contribution in [0.4, 0.5) is 0 Å². The minimum Gasteiger partial charge on any atom is -0.466 e. The zero-order valence-electron chi connectivity index (χ0n) is 15.5. The molecule has 0 saturated carbocycles. The third-order valence-electron chi connectivity index (χ3n) is 5.86. The van der Waals surface area contributed by atoms with Crippen LogP contribution in [0.15, 0.2) is 24.3 Å². The van der Waals surface area contributed by atoms with Crippen LogP contribution in [-0.4, -0.2) is 31.4 Å². The zero-order valence-corrected chi connectivity index (χ0v) is 15.5. The van der Waals surface area contributed by atoms with Crippen LogP contribution in [0.25, 0.3) is 0 Å². The normalized spacial score (nSPS) is 30.6. The van der Waals surface area contributed by atoms with E-state index in [0.29, 0.717) is 0 Å². The van der Waals surface area contributed by atoms with Gasteiger partial charge in [-0.1, -0.05) is 23.8 Å². The molecule has 25 heavy (non-hydrogen) atoms. The number of rotatable bonds is 2. The smallest absolute Gasteiger partial charge is 0.466 e. The summed E-state index contributed by atoms with van der Waals surface area (Å²) in [4.78, 5) is 12.4. The molecule has 1 aromatic rings. The molecule has 0 unspecified atom stereocenters. The summed E-state index contributed by atoms with van der Waals surface area (Å²) in [6.45, 7) is 10.1. The topological polar surface area (TPSA) is 54.0 Å². The Morgan fingerprint density at radius 2 is 1.80 bits per heavy atom. The lowest BCUT2D eigenvalue weighted by Crippen LogP contribution is -2.41. The number of ether oxygens (including phenoxy) is 2. The van der Waals surface area contributed by atoms with Gasteiger partial charge < -0.3 is 18.8 Å². The van der Waals surface area contributed by atoms with E-state index in [1.54, 1.807) is 6.08 Å². The van der Waals surface area contributed by atoms with Gasteiger partial charge in [-0.05, 0) is 51.7 Å². The lowest BCUT2D eigenvalue weighted by molar-refractivity contribution is -0.162. The van der Waals surface area contributed by atoms with Gasteiger partial charge in [0.15, 0.2) is 0 Å². The highest BCUT2D eigenvalue weighted by Gasteiger charge is 2.58. The van der Waals surface area contributed by atoms with E-state index in [9.17, 15) is 4.79 Å². The second kappa shape index (κ2) is 4.97. The summed E-state index contributed by atoms with van der Waals surface area (Å²) >= 11 is 0. The van der Waals surface area contributed by atoms with Crippen molar-refractivity contribution in [2.45, 2.75) is 57.5 Å². The minimum absolute atomic E-state index is 0.288. The first-order valence-electron chi connectivity index (χ1n) is 8.57. The Morgan fingerprint density at radius 1 is 1.16 bits per heavy atom. The molecular formula is C19H23BO5. The number of benzene rings is 1. The Kier molecular flexibility index (Phi) is 3.34. The molecule has 0 radical (unpaired) electrons. The van der Waals surface area contributed by atoms with Crippen molar-refractivity contribution in [2.75, 3.05) is 7.11 Å². The molecule has 0 aliphatic carbocycles. The first kappa shape index (κ1) is 16.8. The summed E-state index contributed by atoms with van der Waals surface area (Å²) in [5.74, 6) is -0.407. The predicted molar refractivity (Wildman–Crippen MR) is 93.6 cm³/mol. The summed E-state index contributed by atoms with van der Waals surface area (Å²) in [5.41, 5.74) is 1.73. The van der Waals surface area contributed by atoms with Crippen LogP contribution in [0.2, 0.25) is 0 Å². The van der Waals surface area contributed by atoms with Crippen LogP contribution < -0.4 is 5.46 Å². The SMILES string of the molecule is COC(=O)[C@]12C=C[C@H](O1)c1c(B3OC(C)(C)C(C)(C)O3)cc(C)cc12. The number of fused-ring (bicyclic) bond motifs is 5. The largest absolute Gasteiger partial charge is 0.495 e. The lowest BCUT2D eigenvalue weighted by atomic mass is 9.70. The number of hydrogen-bond acceptors (Lipinski definition) is 5. The van der Waals surface area contributed by atoms with E-state index < -0.39 is 29.9 Å². The molecule has 5 nitrogen and oxygen atoms in total. The molecule has 3 aliphatic heterocycles. The maximum Gasteiger partial charge on any atom is 0.495 e. The molecule has 0 N–H and O–H groups in total. The summed E-state index contributed by atoms with van der Waals surface area (Å²) in [6, 6.07) is 4.05. The fourth-order valence-corrected chi connectivity index (χ4v) is 3.80. The second-order valence-corrected chi connectivity index (χ2v) is 8.03. The van der Waals surface area contributed by atoms with Crippen LogP contribution in [0.1, 0.15) is 50.5 Å². The fraction of sp³-hybridized carbons (Fsp3) is 0.526. The molecular weight excluding hydrogens is 319 g/mol. The average molecular weight is 342 g/mol. The molecule has 3 heterocycles. The first-order valence-corrected chi connectivity index (χ1v) is 8.57. The van der Waals surface area contributed by atoms with Crippen molar-refractivity contribution in [2.24, 2.45) is 0 Å². The van der Waals surface area contributed by atoms with E-state index in [4.69, 9.17) is 18.8 Å². The molecule has 3 aliphatic rings. The van der Waals surface area contributed by atoms with Crippen molar-refractivity contribution in [3.05, 3.63) is 41.0 Å². The summed E-state index contributed by atoms with van der Waals surface area (Å²) < 4.78 is 23.5. The number of carbonyl (C=O) groups is 1. The molecule has 0 amide bonds. The first-order chi connectivity index (χ1) is 11.6. The number of aryl methyl sites for hydroxylation is 1. The monoisotopic (exact) mass is 342 g/mol. The molecule has 0 aromatic heterocycles. The van der Waals surface area contributed by atoms with Gasteiger partial charge in [-0.15, -0.1) is 0 Å². The van der Waals surface area contributed by atoms with Gasteiger partial charge in [-0.25, -0.2) is 4.79 Å². The van der Waals surface area contributed by atoms with Crippen molar-refractivity contribution in [3.8, 4) is 0 Å². The zero-order chi connectivity index (χ0) is 18.2. The Morgan fingerprint density at radius 3 is 2.40 bits per heavy atom. The second-order valence-electron chi connectivity index (χ2n) is 8.03. The van der Waals surface area contributed by atoms with E-state index in [1.807, 2.05) is 46.8 Å². The molecule has 2 bridgehead atoms. The highest BCUT2D eigenvalue weighted by molar-refractivity contribution is 6.62.